The summed E-state index contributed by atoms with van der Waals surface area (Å²) >= 11 is 1.20. The molecule has 218 valence electrons. The van der Waals surface area contributed by atoms with E-state index < -0.39 is 21.9 Å². The molecule has 2 aromatic heterocycles. The Hall–Kier alpha value is -3.70. The van der Waals surface area contributed by atoms with Crippen molar-refractivity contribution in [2.75, 3.05) is 49.3 Å². The van der Waals surface area contributed by atoms with Crippen LogP contribution in [-0.2, 0) is 22.9 Å². The van der Waals surface area contributed by atoms with Gasteiger partial charge in [0.1, 0.15) is 28.0 Å². The van der Waals surface area contributed by atoms with E-state index in [0.717, 1.165) is 42.5 Å². The number of piperazine rings is 1. The normalized spacial score (nSPS) is 17.4. The van der Waals surface area contributed by atoms with Crippen molar-refractivity contribution in [1.29, 1.82) is 5.26 Å². The van der Waals surface area contributed by atoms with Crippen molar-refractivity contribution in [3.8, 4) is 17.3 Å². The van der Waals surface area contributed by atoms with E-state index in [2.05, 4.69) is 6.07 Å². The molecule has 0 saturated carbocycles. The third-order valence-corrected chi connectivity index (χ3v) is 10.3. The van der Waals surface area contributed by atoms with E-state index in [1.807, 2.05) is 22.9 Å². The van der Waals surface area contributed by atoms with E-state index in [1.165, 1.54) is 33.8 Å². The molecule has 2 aliphatic rings. The maximum atomic E-state index is 15.8. The number of aliphatic hydroxyl groups is 1. The molecule has 0 spiro atoms. The zero-order valence-corrected chi connectivity index (χ0v) is 24.6. The number of aryl methyl sites for hydroxylation is 1. The maximum Gasteiger partial charge on any atom is 0.211 e. The Labute approximate surface area is 246 Å². The molecule has 0 amide bonds. The molecule has 4 aromatic rings. The third-order valence-electron chi connectivity index (χ3n) is 7.91. The number of thiazole rings is 1. The molecule has 0 radical (unpaired) electrons. The standard InChI is InChI=1S/C29H28F2N6O3S2/c1-35(29-34-26(25(14-32)41-29)17-6-8-18(30)9-7-17)28-21-4-3-5-24(21)33-27-22(28)12-19(13-23(27)31)36-10-11-37(42(2,39)40)20(15-36)16-38/h6-9,12-13,20,38H,3-5,10-11,15-16H2,1-2H3/t20-/m0/s1. The van der Waals surface area contributed by atoms with Crippen LogP contribution in [0.4, 0.5) is 25.3 Å². The van der Waals surface area contributed by atoms with E-state index in [1.54, 1.807) is 12.1 Å². The van der Waals surface area contributed by atoms with E-state index >= 15 is 4.39 Å². The summed E-state index contributed by atoms with van der Waals surface area (Å²) in [6.07, 6.45) is 3.47. The minimum atomic E-state index is -3.51. The first kappa shape index (κ1) is 28.4. The summed E-state index contributed by atoms with van der Waals surface area (Å²) in [5, 5.41) is 20.9. The third kappa shape index (κ3) is 4.98. The second-order valence-electron chi connectivity index (χ2n) is 10.6. The predicted octanol–water partition coefficient (Wildman–Crippen LogP) is 4.21. The monoisotopic (exact) mass is 610 g/mol. The fraction of sp³-hybridized carbons (Fsp3) is 0.345. The van der Waals surface area contributed by atoms with Gasteiger partial charge in [0.15, 0.2) is 10.9 Å². The topological polar surface area (TPSA) is 114 Å². The van der Waals surface area contributed by atoms with Gasteiger partial charge >= 0.3 is 0 Å². The molecule has 9 nitrogen and oxygen atoms in total. The van der Waals surface area contributed by atoms with Gasteiger partial charge in [-0.2, -0.15) is 9.57 Å². The van der Waals surface area contributed by atoms with Gasteiger partial charge in [-0.25, -0.2) is 27.2 Å². The summed E-state index contributed by atoms with van der Waals surface area (Å²) in [4.78, 5) is 13.6. The number of benzene rings is 2. The van der Waals surface area contributed by atoms with E-state index in [-0.39, 0.29) is 31.0 Å². The SMILES string of the molecule is CN(c1nc(-c2ccc(F)cc2)c(C#N)s1)c1c2c(nc3c(F)cc(N4CCN(S(C)(=O)=O)[C@H](CO)C4)cc13)CCC2. The highest BCUT2D eigenvalue weighted by Gasteiger charge is 2.33. The molecular weight excluding hydrogens is 582 g/mol. The van der Waals surface area contributed by atoms with Crippen molar-refractivity contribution in [1.82, 2.24) is 14.3 Å². The molecule has 1 aliphatic heterocycles. The molecule has 1 fully saturated rings. The highest BCUT2D eigenvalue weighted by Crippen LogP contribution is 2.43. The smallest absolute Gasteiger partial charge is 0.211 e. The molecule has 1 saturated heterocycles. The molecule has 1 aliphatic carbocycles. The van der Waals surface area contributed by atoms with E-state index in [0.29, 0.717) is 38.9 Å². The second-order valence-corrected chi connectivity index (χ2v) is 13.5. The number of pyridine rings is 1. The van der Waals surface area contributed by atoms with Crippen molar-refractivity contribution >= 4 is 48.8 Å². The zero-order valence-electron chi connectivity index (χ0n) is 23.0. The van der Waals surface area contributed by atoms with Crippen LogP contribution >= 0.6 is 11.3 Å². The molecule has 13 heteroatoms. The van der Waals surface area contributed by atoms with Crippen molar-refractivity contribution in [3.05, 3.63) is 64.2 Å². The lowest BCUT2D eigenvalue weighted by Crippen LogP contribution is -2.56. The Morgan fingerprint density at radius 2 is 1.93 bits per heavy atom. The lowest BCUT2D eigenvalue weighted by Gasteiger charge is -2.40. The second kappa shape index (κ2) is 10.9. The van der Waals surface area contributed by atoms with Gasteiger partial charge in [0.2, 0.25) is 10.0 Å². The first-order chi connectivity index (χ1) is 20.1. The van der Waals surface area contributed by atoms with Gasteiger partial charge in [0, 0.05) is 49.0 Å². The van der Waals surface area contributed by atoms with E-state index in [4.69, 9.17) is 9.97 Å². The molecule has 0 bridgehead atoms. The number of nitriles is 1. The van der Waals surface area contributed by atoms with Gasteiger partial charge in [-0.1, -0.05) is 11.3 Å². The highest BCUT2D eigenvalue weighted by molar-refractivity contribution is 7.88. The summed E-state index contributed by atoms with van der Waals surface area (Å²) in [6.45, 7) is 0.347. The number of hydrogen-bond donors (Lipinski definition) is 1. The Kier molecular flexibility index (Phi) is 7.34. The number of nitrogens with zero attached hydrogens (tertiary/aromatic N) is 6. The van der Waals surface area contributed by atoms with Crippen LogP contribution in [0.3, 0.4) is 0 Å². The van der Waals surface area contributed by atoms with Gasteiger partial charge < -0.3 is 14.9 Å². The van der Waals surface area contributed by atoms with Crippen molar-refractivity contribution < 1.29 is 22.3 Å². The molecule has 6 rings (SSSR count). The summed E-state index contributed by atoms with van der Waals surface area (Å²) in [6, 6.07) is 10.6. The largest absolute Gasteiger partial charge is 0.395 e. The van der Waals surface area contributed by atoms with Crippen LogP contribution < -0.4 is 9.80 Å². The van der Waals surface area contributed by atoms with Gasteiger partial charge in [0.25, 0.3) is 0 Å². The number of aromatic nitrogens is 2. The van der Waals surface area contributed by atoms with Gasteiger partial charge in [0.05, 0.1) is 24.6 Å². The lowest BCUT2D eigenvalue weighted by atomic mass is 10.0. The number of rotatable bonds is 6. The minimum Gasteiger partial charge on any atom is -0.395 e. The van der Waals surface area contributed by atoms with Crippen LogP contribution in [0, 0.1) is 23.0 Å². The van der Waals surface area contributed by atoms with Gasteiger partial charge in [-0.15, -0.1) is 0 Å². The molecule has 42 heavy (non-hydrogen) atoms. The average molecular weight is 611 g/mol. The molecular formula is C29H28F2N6O3S2. The predicted molar refractivity (Wildman–Crippen MR) is 159 cm³/mol. The van der Waals surface area contributed by atoms with Crippen LogP contribution in [0.2, 0.25) is 0 Å². The first-order valence-corrected chi connectivity index (χ1v) is 16.1. The number of sulfonamides is 1. The van der Waals surface area contributed by atoms with Crippen LogP contribution in [0.25, 0.3) is 22.2 Å². The molecule has 3 heterocycles. The highest BCUT2D eigenvalue weighted by atomic mass is 32.2. The zero-order chi connectivity index (χ0) is 29.8. The maximum absolute atomic E-state index is 15.8. The molecule has 2 aromatic carbocycles. The number of anilines is 3. The summed E-state index contributed by atoms with van der Waals surface area (Å²) in [5.41, 5.74) is 4.43. The Bertz CT molecular complexity index is 1840. The fourth-order valence-electron chi connectivity index (χ4n) is 5.93. The van der Waals surface area contributed by atoms with E-state index in [9.17, 15) is 23.2 Å². The van der Waals surface area contributed by atoms with Crippen molar-refractivity contribution in [2.45, 2.75) is 25.3 Å². The average Bonchev–Trinajstić information content (AvgIpc) is 3.62. The van der Waals surface area contributed by atoms with Crippen LogP contribution in [0.1, 0.15) is 22.6 Å². The Morgan fingerprint density at radius 1 is 1.17 bits per heavy atom. The number of fused-ring (bicyclic) bond motifs is 2. The first-order valence-electron chi connectivity index (χ1n) is 13.5. The van der Waals surface area contributed by atoms with Crippen molar-refractivity contribution in [3.63, 3.8) is 0 Å². The molecule has 0 unspecified atom stereocenters. The summed E-state index contributed by atoms with van der Waals surface area (Å²) in [7, 11) is -1.68. The fourth-order valence-corrected chi connectivity index (χ4v) is 7.88. The number of aliphatic hydroxyl groups excluding tert-OH is 1. The molecule has 1 N–H and O–H groups in total. The van der Waals surface area contributed by atoms with Crippen LogP contribution in [0.15, 0.2) is 36.4 Å². The Morgan fingerprint density at radius 3 is 2.62 bits per heavy atom. The van der Waals surface area contributed by atoms with Crippen LogP contribution in [0.5, 0.6) is 0 Å². The number of halogens is 2. The molecule has 1 atom stereocenters. The van der Waals surface area contributed by atoms with Crippen molar-refractivity contribution in [2.24, 2.45) is 0 Å². The summed E-state index contributed by atoms with van der Waals surface area (Å²) in [5.74, 6) is -0.883. The van der Waals surface area contributed by atoms with Gasteiger partial charge in [-0.3, -0.25) is 0 Å². The minimum absolute atomic E-state index is 0.168. The lowest BCUT2D eigenvalue weighted by molar-refractivity contribution is 0.176. The summed E-state index contributed by atoms with van der Waals surface area (Å²) < 4.78 is 55.1. The Balaban J connectivity index is 1.46. The number of hydrogen-bond acceptors (Lipinski definition) is 9. The van der Waals surface area contributed by atoms with Gasteiger partial charge in [-0.05, 0) is 61.2 Å². The quantitative estimate of drug-likeness (QED) is 0.346. The van der Waals surface area contributed by atoms with Crippen LogP contribution in [-0.4, -0.2) is 73.4 Å².